The molecule has 0 spiro atoms. The third-order valence-electron chi connectivity index (χ3n) is 2.85. The summed E-state index contributed by atoms with van der Waals surface area (Å²) >= 11 is 0. The molecule has 1 rings (SSSR count). The number of carbonyl (C=O) groups excluding carboxylic acids is 1. The molecule has 3 heteroatoms. The molecule has 3 nitrogen and oxygen atoms in total. The van der Waals surface area contributed by atoms with Gasteiger partial charge in [-0.15, -0.1) is 0 Å². The fraction of sp³-hybridized carbons (Fsp3) is 0.800. The van der Waals surface area contributed by atoms with E-state index in [4.69, 9.17) is 4.74 Å². The van der Waals surface area contributed by atoms with E-state index in [2.05, 4.69) is 6.58 Å². The molecular weight excluding hydrogens is 226 g/mol. The number of rotatable bonds is 1. The molecule has 1 aliphatic carbocycles. The average Bonchev–Trinajstić information content (AvgIpc) is 2.29. The Balaban J connectivity index is 0.00000137. The second-order valence-electron chi connectivity index (χ2n) is 5.51. The van der Waals surface area contributed by atoms with Gasteiger partial charge in [0.05, 0.1) is 6.04 Å². The van der Waals surface area contributed by atoms with Gasteiger partial charge in [-0.2, -0.15) is 0 Å². The van der Waals surface area contributed by atoms with Crippen LogP contribution in [-0.2, 0) is 4.74 Å². The van der Waals surface area contributed by atoms with Crippen LogP contribution in [0.2, 0.25) is 0 Å². The smallest absolute Gasteiger partial charge is 0.410 e. The van der Waals surface area contributed by atoms with Crippen LogP contribution in [0.5, 0.6) is 0 Å². The summed E-state index contributed by atoms with van der Waals surface area (Å²) in [6.45, 7) is 13.7. The topological polar surface area (TPSA) is 29.5 Å². The Morgan fingerprint density at radius 1 is 1.33 bits per heavy atom. The molecule has 106 valence electrons. The van der Waals surface area contributed by atoms with Gasteiger partial charge in [-0.1, -0.05) is 32.4 Å². The van der Waals surface area contributed by atoms with Crippen molar-refractivity contribution in [2.45, 2.75) is 71.9 Å². The first-order valence-corrected chi connectivity index (χ1v) is 6.95. The highest BCUT2D eigenvalue weighted by molar-refractivity contribution is 5.68. The Kier molecular flexibility index (Phi) is 7.04. The van der Waals surface area contributed by atoms with E-state index in [0.29, 0.717) is 0 Å². The molecule has 1 saturated carbocycles. The van der Waals surface area contributed by atoms with Crippen molar-refractivity contribution in [1.29, 1.82) is 0 Å². The van der Waals surface area contributed by atoms with E-state index < -0.39 is 5.60 Å². The minimum Gasteiger partial charge on any atom is -0.444 e. The summed E-state index contributed by atoms with van der Waals surface area (Å²) in [6.07, 6.45) is 4.14. The number of ether oxygens (including phenoxy) is 1. The van der Waals surface area contributed by atoms with Crippen LogP contribution in [0.1, 0.15) is 60.3 Å². The largest absolute Gasteiger partial charge is 0.444 e. The fourth-order valence-corrected chi connectivity index (χ4v) is 1.99. The normalized spacial score (nSPS) is 19.7. The molecule has 0 bridgehead atoms. The second-order valence-corrected chi connectivity index (χ2v) is 5.51. The molecule has 1 aliphatic rings. The van der Waals surface area contributed by atoms with Crippen LogP contribution in [0.3, 0.4) is 0 Å². The van der Waals surface area contributed by atoms with Gasteiger partial charge in [0.25, 0.3) is 0 Å². The molecule has 0 N–H and O–H groups in total. The SMILES string of the molecule is C=C1CCCCC1N(C)C(=O)OC(C)(C)C.CC. The van der Waals surface area contributed by atoms with Gasteiger partial charge in [-0.05, 0) is 40.0 Å². The highest BCUT2D eigenvalue weighted by atomic mass is 16.6. The Bertz CT molecular complexity index is 279. The number of hydrogen-bond acceptors (Lipinski definition) is 2. The summed E-state index contributed by atoms with van der Waals surface area (Å²) < 4.78 is 5.35. The summed E-state index contributed by atoms with van der Waals surface area (Å²) in [4.78, 5) is 13.6. The lowest BCUT2D eigenvalue weighted by Gasteiger charge is -2.34. The molecule has 0 aromatic carbocycles. The van der Waals surface area contributed by atoms with Crippen molar-refractivity contribution in [3.05, 3.63) is 12.2 Å². The highest BCUT2D eigenvalue weighted by Gasteiger charge is 2.28. The predicted octanol–water partition coefficient (Wildman–Crippen LogP) is 4.38. The third kappa shape index (κ3) is 5.56. The van der Waals surface area contributed by atoms with Crippen LogP contribution in [0.25, 0.3) is 0 Å². The first-order valence-electron chi connectivity index (χ1n) is 6.95. The van der Waals surface area contributed by atoms with E-state index in [1.54, 1.807) is 11.9 Å². The molecule has 0 aromatic rings. The summed E-state index contributed by atoms with van der Waals surface area (Å²) in [6, 6.07) is 0.156. The zero-order chi connectivity index (χ0) is 14.3. The van der Waals surface area contributed by atoms with Crippen LogP contribution in [-0.4, -0.2) is 29.7 Å². The van der Waals surface area contributed by atoms with Gasteiger partial charge in [-0.3, -0.25) is 0 Å². The molecular formula is C15H29NO2. The van der Waals surface area contributed by atoms with Gasteiger partial charge in [0.15, 0.2) is 0 Å². The molecule has 1 unspecified atom stereocenters. The average molecular weight is 255 g/mol. The molecule has 1 atom stereocenters. The van der Waals surface area contributed by atoms with Crippen molar-refractivity contribution < 1.29 is 9.53 Å². The van der Waals surface area contributed by atoms with Crippen molar-refractivity contribution in [2.24, 2.45) is 0 Å². The molecule has 0 aromatic heterocycles. The first-order chi connectivity index (χ1) is 8.31. The van der Waals surface area contributed by atoms with Gasteiger partial charge in [-0.25, -0.2) is 4.79 Å². The maximum absolute atomic E-state index is 11.9. The van der Waals surface area contributed by atoms with Gasteiger partial charge in [0, 0.05) is 7.05 Å². The van der Waals surface area contributed by atoms with E-state index in [1.165, 1.54) is 6.42 Å². The van der Waals surface area contributed by atoms with E-state index >= 15 is 0 Å². The van der Waals surface area contributed by atoms with Crippen LogP contribution >= 0.6 is 0 Å². The minimum atomic E-state index is -0.429. The molecule has 0 aliphatic heterocycles. The number of nitrogens with zero attached hydrogens (tertiary/aromatic N) is 1. The maximum atomic E-state index is 11.9. The van der Waals surface area contributed by atoms with Crippen molar-refractivity contribution in [1.82, 2.24) is 4.90 Å². The molecule has 0 saturated heterocycles. The molecule has 1 amide bonds. The van der Waals surface area contributed by atoms with Crippen molar-refractivity contribution in [3.8, 4) is 0 Å². The molecule has 1 fully saturated rings. The Hall–Kier alpha value is -0.990. The quantitative estimate of drug-likeness (QED) is 0.651. The molecule has 0 radical (unpaired) electrons. The first kappa shape index (κ1) is 17.0. The van der Waals surface area contributed by atoms with E-state index in [1.807, 2.05) is 34.6 Å². The monoisotopic (exact) mass is 255 g/mol. The van der Waals surface area contributed by atoms with Gasteiger partial charge in [0.1, 0.15) is 5.60 Å². The zero-order valence-corrected chi connectivity index (χ0v) is 12.9. The Morgan fingerprint density at radius 2 is 1.89 bits per heavy atom. The van der Waals surface area contributed by atoms with Crippen LogP contribution < -0.4 is 0 Å². The lowest BCUT2D eigenvalue weighted by molar-refractivity contribution is 0.0231. The lowest BCUT2D eigenvalue weighted by Crippen LogP contribution is -2.42. The van der Waals surface area contributed by atoms with Crippen molar-refractivity contribution in [3.63, 3.8) is 0 Å². The van der Waals surface area contributed by atoms with E-state index in [9.17, 15) is 4.79 Å². The number of amides is 1. The highest BCUT2D eigenvalue weighted by Crippen LogP contribution is 2.26. The predicted molar refractivity (Wildman–Crippen MR) is 76.7 cm³/mol. The van der Waals surface area contributed by atoms with Gasteiger partial charge < -0.3 is 9.64 Å². The second kappa shape index (κ2) is 7.45. The van der Waals surface area contributed by atoms with Crippen LogP contribution in [0.4, 0.5) is 4.79 Å². The Morgan fingerprint density at radius 3 is 2.33 bits per heavy atom. The van der Waals surface area contributed by atoms with Crippen LogP contribution in [0.15, 0.2) is 12.2 Å². The number of carbonyl (C=O) groups is 1. The maximum Gasteiger partial charge on any atom is 0.410 e. The van der Waals surface area contributed by atoms with Gasteiger partial charge in [0.2, 0.25) is 0 Å². The minimum absolute atomic E-state index is 0.156. The van der Waals surface area contributed by atoms with Gasteiger partial charge >= 0.3 is 6.09 Å². The molecule has 18 heavy (non-hydrogen) atoms. The summed E-state index contributed by atoms with van der Waals surface area (Å²) in [5, 5.41) is 0. The summed E-state index contributed by atoms with van der Waals surface area (Å²) in [5.41, 5.74) is 0.723. The fourth-order valence-electron chi connectivity index (χ4n) is 1.99. The zero-order valence-electron chi connectivity index (χ0n) is 12.9. The van der Waals surface area contributed by atoms with Crippen LogP contribution in [0, 0.1) is 0 Å². The van der Waals surface area contributed by atoms with E-state index in [0.717, 1.165) is 24.8 Å². The lowest BCUT2D eigenvalue weighted by atomic mass is 9.90. The number of hydrogen-bond donors (Lipinski definition) is 0. The Labute approximate surface area is 112 Å². The number of likely N-dealkylation sites (N-methyl/N-ethyl adjacent to an activating group) is 1. The summed E-state index contributed by atoms with van der Waals surface area (Å²) in [7, 11) is 1.80. The summed E-state index contributed by atoms with van der Waals surface area (Å²) in [5.74, 6) is 0. The van der Waals surface area contributed by atoms with E-state index in [-0.39, 0.29) is 12.1 Å². The van der Waals surface area contributed by atoms with Crippen molar-refractivity contribution in [2.75, 3.05) is 7.05 Å². The standard InChI is InChI=1S/C13H23NO2.C2H6/c1-10-8-6-7-9-11(10)14(5)12(15)16-13(2,3)4;1-2/h11H,1,6-9H2,2-5H3;1-2H3. The molecule has 0 heterocycles. The third-order valence-corrected chi connectivity index (χ3v) is 2.85. The van der Waals surface area contributed by atoms with Crippen molar-refractivity contribution >= 4 is 6.09 Å².